The van der Waals surface area contributed by atoms with Gasteiger partial charge in [-0.1, -0.05) is 6.07 Å². The van der Waals surface area contributed by atoms with E-state index in [1.807, 2.05) is 13.0 Å². The smallest absolute Gasteiger partial charge is 0.161 e. The molecule has 138 valence electrons. The third kappa shape index (κ3) is 4.31. The van der Waals surface area contributed by atoms with E-state index in [2.05, 4.69) is 33.1 Å². The summed E-state index contributed by atoms with van der Waals surface area (Å²) in [5.41, 5.74) is 3.35. The minimum atomic E-state index is 0.247. The standard InChI is InChI=1S/C20H25N3O3/c1-15-10-17(22-14-21-15)3-4-18-13-23(6-7-24-18)12-16-2-5-19-20(11-16)26-9-8-25-19/h2,5,10-11,14,18H,3-4,6-9,12-13H2,1H3/t18-/m0/s1. The fourth-order valence-electron chi connectivity index (χ4n) is 3.50. The van der Waals surface area contributed by atoms with Crippen molar-refractivity contribution in [1.82, 2.24) is 14.9 Å². The SMILES string of the molecule is Cc1cc(CC[C@H]2CN(Cc3ccc4c(c3)OCCO4)CCO2)ncn1. The second kappa shape index (κ2) is 8.01. The van der Waals surface area contributed by atoms with E-state index in [4.69, 9.17) is 14.2 Å². The number of fused-ring (bicyclic) bond motifs is 1. The molecule has 0 spiro atoms. The van der Waals surface area contributed by atoms with Gasteiger partial charge >= 0.3 is 0 Å². The lowest BCUT2D eigenvalue weighted by Crippen LogP contribution is -2.42. The third-order valence-electron chi connectivity index (χ3n) is 4.82. The molecule has 2 aromatic rings. The maximum Gasteiger partial charge on any atom is 0.161 e. The van der Waals surface area contributed by atoms with Crippen LogP contribution in [0, 0.1) is 6.92 Å². The third-order valence-corrected chi connectivity index (χ3v) is 4.82. The van der Waals surface area contributed by atoms with Gasteiger partial charge in [0.25, 0.3) is 0 Å². The highest BCUT2D eigenvalue weighted by Crippen LogP contribution is 2.31. The van der Waals surface area contributed by atoms with Crippen LogP contribution in [0.2, 0.25) is 0 Å². The highest BCUT2D eigenvalue weighted by molar-refractivity contribution is 5.43. The zero-order valence-corrected chi connectivity index (χ0v) is 15.2. The average molecular weight is 355 g/mol. The van der Waals surface area contributed by atoms with Crippen LogP contribution in [0.5, 0.6) is 11.5 Å². The molecule has 6 nitrogen and oxygen atoms in total. The molecule has 1 fully saturated rings. The number of nitrogens with zero attached hydrogens (tertiary/aromatic N) is 3. The monoisotopic (exact) mass is 355 g/mol. The van der Waals surface area contributed by atoms with E-state index in [0.717, 1.165) is 62.0 Å². The van der Waals surface area contributed by atoms with Crippen molar-refractivity contribution in [2.75, 3.05) is 32.9 Å². The lowest BCUT2D eigenvalue weighted by atomic mass is 10.1. The fourth-order valence-corrected chi connectivity index (χ4v) is 3.50. The van der Waals surface area contributed by atoms with Gasteiger partial charge in [-0.3, -0.25) is 4.90 Å². The Morgan fingerprint density at radius 3 is 2.85 bits per heavy atom. The van der Waals surface area contributed by atoms with Crippen LogP contribution in [0.3, 0.4) is 0 Å². The molecular formula is C20H25N3O3. The predicted molar refractivity (Wildman–Crippen MR) is 97.5 cm³/mol. The minimum absolute atomic E-state index is 0.247. The Labute approximate surface area is 154 Å². The summed E-state index contributed by atoms with van der Waals surface area (Å²) >= 11 is 0. The van der Waals surface area contributed by atoms with Crippen LogP contribution in [-0.4, -0.2) is 53.9 Å². The van der Waals surface area contributed by atoms with Gasteiger partial charge in [0.15, 0.2) is 11.5 Å². The first-order chi connectivity index (χ1) is 12.8. The summed E-state index contributed by atoms with van der Waals surface area (Å²) in [6, 6.07) is 8.29. The van der Waals surface area contributed by atoms with Crippen LogP contribution < -0.4 is 9.47 Å². The number of benzene rings is 1. The minimum Gasteiger partial charge on any atom is -0.486 e. The van der Waals surface area contributed by atoms with E-state index in [-0.39, 0.29) is 6.10 Å². The molecule has 1 atom stereocenters. The molecule has 26 heavy (non-hydrogen) atoms. The molecule has 0 aliphatic carbocycles. The Balaban J connectivity index is 1.32. The molecule has 6 heteroatoms. The summed E-state index contributed by atoms with van der Waals surface area (Å²) in [7, 11) is 0. The summed E-state index contributed by atoms with van der Waals surface area (Å²) in [4.78, 5) is 10.9. The molecular weight excluding hydrogens is 330 g/mol. The van der Waals surface area contributed by atoms with Gasteiger partial charge in [-0.25, -0.2) is 9.97 Å². The molecule has 4 rings (SSSR count). The van der Waals surface area contributed by atoms with Crippen LogP contribution in [-0.2, 0) is 17.7 Å². The first-order valence-corrected chi connectivity index (χ1v) is 9.26. The Morgan fingerprint density at radius 1 is 1.08 bits per heavy atom. The normalized spacial score (nSPS) is 20.1. The molecule has 0 bridgehead atoms. The van der Waals surface area contributed by atoms with E-state index >= 15 is 0 Å². The van der Waals surface area contributed by atoms with Gasteiger partial charge in [-0.15, -0.1) is 0 Å². The molecule has 3 heterocycles. The summed E-state index contributed by atoms with van der Waals surface area (Å²) < 4.78 is 17.2. The van der Waals surface area contributed by atoms with Gasteiger partial charge in [-0.2, -0.15) is 0 Å². The van der Waals surface area contributed by atoms with Gasteiger partial charge in [-0.05, 0) is 43.5 Å². The van der Waals surface area contributed by atoms with Crippen molar-refractivity contribution < 1.29 is 14.2 Å². The molecule has 2 aliphatic rings. The molecule has 1 aromatic carbocycles. The van der Waals surface area contributed by atoms with Gasteiger partial charge < -0.3 is 14.2 Å². The van der Waals surface area contributed by atoms with Gasteiger partial charge in [0, 0.05) is 31.0 Å². The van der Waals surface area contributed by atoms with Crippen LogP contribution in [0.1, 0.15) is 23.4 Å². The second-order valence-corrected chi connectivity index (χ2v) is 6.90. The van der Waals surface area contributed by atoms with Crippen molar-refractivity contribution in [3.63, 3.8) is 0 Å². The van der Waals surface area contributed by atoms with Crippen molar-refractivity contribution in [3.05, 3.63) is 47.5 Å². The van der Waals surface area contributed by atoms with Crippen LogP contribution in [0.15, 0.2) is 30.6 Å². The van der Waals surface area contributed by atoms with Gasteiger partial charge in [0.2, 0.25) is 0 Å². The van der Waals surface area contributed by atoms with E-state index < -0.39 is 0 Å². The predicted octanol–water partition coefficient (Wildman–Crippen LogP) is 2.39. The summed E-state index contributed by atoms with van der Waals surface area (Å²) in [5.74, 6) is 1.71. The first kappa shape index (κ1) is 17.2. The Hall–Kier alpha value is -2.18. The Kier molecular flexibility index (Phi) is 5.32. The number of hydrogen-bond donors (Lipinski definition) is 0. The summed E-state index contributed by atoms with van der Waals surface area (Å²) in [6.45, 7) is 6.83. The van der Waals surface area contributed by atoms with Crippen molar-refractivity contribution in [3.8, 4) is 11.5 Å². The molecule has 0 saturated carbocycles. The first-order valence-electron chi connectivity index (χ1n) is 9.26. The Morgan fingerprint density at radius 2 is 1.96 bits per heavy atom. The number of rotatable bonds is 5. The number of hydrogen-bond acceptors (Lipinski definition) is 6. The lowest BCUT2D eigenvalue weighted by molar-refractivity contribution is -0.0347. The highest BCUT2D eigenvalue weighted by Gasteiger charge is 2.21. The maximum atomic E-state index is 5.96. The van der Waals surface area contributed by atoms with Crippen molar-refractivity contribution in [2.45, 2.75) is 32.4 Å². The fraction of sp³-hybridized carbons (Fsp3) is 0.500. The van der Waals surface area contributed by atoms with Crippen LogP contribution in [0.25, 0.3) is 0 Å². The quantitative estimate of drug-likeness (QED) is 0.821. The van der Waals surface area contributed by atoms with E-state index in [1.54, 1.807) is 6.33 Å². The molecule has 0 radical (unpaired) electrons. The largest absolute Gasteiger partial charge is 0.486 e. The van der Waals surface area contributed by atoms with Crippen molar-refractivity contribution >= 4 is 0 Å². The topological polar surface area (TPSA) is 56.7 Å². The highest BCUT2D eigenvalue weighted by atomic mass is 16.6. The number of aromatic nitrogens is 2. The van der Waals surface area contributed by atoms with E-state index in [1.165, 1.54) is 5.56 Å². The van der Waals surface area contributed by atoms with Crippen molar-refractivity contribution in [1.29, 1.82) is 0 Å². The average Bonchev–Trinajstić information content (AvgIpc) is 2.67. The lowest BCUT2D eigenvalue weighted by Gasteiger charge is -2.33. The zero-order valence-electron chi connectivity index (χ0n) is 15.2. The second-order valence-electron chi connectivity index (χ2n) is 6.90. The summed E-state index contributed by atoms with van der Waals surface area (Å²) in [6.07, 6.45) is 3.79. The van der Waals surface area contributed by atoms with E-state index in [0.29, 0.717) is 13.2 Å². The van der Waals surface area contributed by atoms with Gasteiger partial charge in [0.05, 0.1) is 12.7 Å². The van der Waals surface area contributed by atoms with Crippen molar-refractivity contribution in [2.24, 2.45) is 0 Å². The molecule has 0 unspecified atom stereocenters. The number of ether oxygens (including phenoxy) is 3. The molecule has 0 amide bonds. The summed E-state index contributed by atoms with van der Waals surface area (Å²) in [5, 5.41) is 0. The van der Waals surface area contributed by atoms with Crippen LogP contribution in [0.4, 0.5) is 0 Å². The Bertz CT molecular complexity index is 753. The zero-order chi connectivity index (χ0) is 17.8. The number of morpholine rings is 1. The molecule has 0 N–H and O–H groups in total. The van der Waals surface area contributed by atoms with E-state index in [9.17, 15) is 0 Å². The van der Waals surface area contributed by atoms with Crippen LogP contribution >= 0.6 is 0 Å². The molecule has 2 aliphatic heterocycles. The molecule has 1 aromatic heterocycles. The van der Waals surface area contributed by atoms with Gasteiger partial charge in [0.1, 0.15) is 19.5 Å². The maximum absolute atomic E-state index is 5.96. The molecule has 1 saturated heterocycles. The number of aryl methyl sites for hydroxylation is 2.